The van der Waals surface area contributed by atoms with Crippen molar-refractivity contribution in [3.05, 3.63) is 24.3 Å². The maximum absolute atomic E-state index is 12.7. The van der Waals surface area contributed by atoms with Crippen LogP contribution in [-0.4, -0.2) is 62.4 Å². The van der Waals surface area contributed by atoms with Gasteiger partial charge in [0.2, 0.25) is 0 Å². The zero-order valence-corrected chi connectivity index (χ0v) is 16.5. The highest BCUT2D eigenvalue weighted by Crippen LogP contribution is 2.34. The number of ether oxygens (including phenoxy) is 3. The number of morpholine rings is 1. The number of carbonyl (C=O) groups is 1. The summed E-state index contributed by atoms with van der Waals surface area (Å²) in [5.41, 5.74) is 0.0574. The van der Waals surface area contributed by atoms with Gasteiger partial charge in [0.15, 0.2) is 17.6 Å². The van der Waals surface area contributed by atoms with Crippen LogP contribution in [0.1, 0.15) is 39.0 Å². The second-order valence-electron chi connectivity index (χ2n) is 7.51. The quantitative estimate of drug-likeness (QED) is 0.793. The van der Waals surface area contributed by atoms with Gasteiger partial charge in [-0.1, -0.05) is 31.4 Å². The summed E-state index contributed by atoms with van der Waals surface area (Å²) in [6.07, 6.45) is 5.42. The minimum Gasteiger partial charge on any atom is -0.493 e. The third kappa shape index (κ3) is 4.93. The molecule has 1 saturated heterocycles. The molecule has 6 nitrogen and oxygen atoms in total. The summed E-state index contributed by atoms with van der Waals surface area (Å²) in [7, 11) is 1.60. The van der Waals surface area contributed by atoms with Crippen molar-refractivity contribution in [1.29, 1.82) is 0 Å². The van der Waals surface area contributed by atoms with Crippen LogP contribution in [0.2, 0.25) is 0 Å². The molecule has 0 aromatic heterocycles. The molecule has 1 aromatic carbocycles. The first-order valence-corrected chi connectivity index (χ1v) is 10.0. The van der Waals surface area contributed by atoms with Crippen LogP contribution in [0.4, 0.5) is 0 Å². The Bertz CT molecular complexity index is 610. The smallest absolute Gasteiger partial charge is 0.260 e. The molecule has 0 spiro atoms. The van der Waals surface area contributed by atoms with Crippen LogP contribution >= 0.6 is 0 Å². The summed E-state index contributed by atoms with van der Waals surface area (Å²) < 4.78 is 16.7. The average Bonchev–Trinajstić information content (AvgIpc) is 2.73. The molecule has 0 bridgehead atoms. The van der Waals surface area contributed by atoms with Crippen LogP contribution in [0.15, 0.2) is 24.3 Å². The Kier molecular flexibility index (Phi) is 6.96. The van der Waals surface area contributed by atoms with Crippen LogP contribution in [-0.2, 0) is 9.53 Å². The molecule has 1 heterocycles. The van der Waals surface area contributed by atoms with Crippen molar-refractivity contribution in [2.24, 2.45) is 0 Å². The van der Waals surface area contributed by atoms with Crippen molar-refractivity contribution >= 4 is 5.91 Å². The molecule has 1 atom stereocenters. The Hall–Kier alpha value is -1.79. The zero-order valence-electron chi connectivity index (χ0n) is 16.5. The zero-order chi connectivity index (χ0) is 19.1. The highest BCUT2D eigenvalue weighted by molar-refractivity contribution is 5.80. The van der Waals surface area contributed by atoms with Crippen LogP contribution in [0.25, 0.3) is 0 Å². The van der Waals surface area contributed by atoms with Gasteiger partial charge in [0.1, 0.15) is 0 Å². The third-order valence-electron chi connectivity index (χ3n) is 5.80. The number of carbonyl (C=O) groups excluding carboxylic acids is 1. The molecule has 1 N–H and O–H groups in total. The average molecular weight is 376 g/mol. The predicted molar refractivity (Wildman–Crippen MR) is 104 cm³/mol. The Morgan fingerprint density at radius 1 is 1.19 bits per heavy atom. The number of hydrogen-bond acceptors (Lipinski definition) is 5. The van der Waals surface area contributed by atoms with Gasteiger partial charge in [-0.25, -0.2) is 0 Å². The molecular formula is C21H32N2O4. The molecule has 27 heavy (non-hydrogen) atoms. The summed E-state index contributed by atoms with van der Waals surface area (Å²) in [5.74, 6) is 1.14. The van der Waals surface area contributed by atoms with E-state index in [9.17, 15) is 4.79 Å². The second kappa shape index (κ2) is 9.42. The lowest BCUT2D eigenvalue weighted by molar-refractivity contribution is -0.128. The predicted octanol–water partition coefficient (Wildman–Crippen LogP) is 2.61. The molecule has 2 fully saturated rings. The number of nitrogens with one attached hydrogen (secondary N) is 1. The van der Waals surface area contributed by atoms with Gasteiger partial charge in [0.25, 0.3) is 5.91 Å². The van der Waals surface area contributed by atoms with E-state index in [0.29, 0.717) is 18.0 Å². The fourth-order valence-corrected chi connectivity index (χ4v) is 4.21. The number of nitrogens with zero attached hydrogens (tertiary/aromatic N) is 1. The second-order valence-corrected chi connectivity index (χ2v) is 7.51. The lowest BCUT2D eigenvalue weighted by Crippen LogP contribution is -2.60. The van der Waals surface area contributed by atoms with Crippen molar-refractivity contribution in [3.8, 4) is 11.5 Å². The molecular weight excluding hydrogens is 344 g/mol. The first kappa shape index (κ1) is 20.0. The van der Waals surface area contributed by atoms with Gasteiger partial charge >= 0.3 is 0 Å². The van der Waals surface area contributed by atoms with Crippen LogP contribution in [0.3, 0.4) is 0 Å². The van der Waals surface area contributed by atoms with E-state index in [0.717, 1.165) is 39.1 Å². The molecule has 0 radical (unpaired) electrons. The highest BCUT2D eigenvalue weighted by Gasteiger charge is 2.39. The summed E-state index contributed by atoms with van der Waals surface area (Å²) in [6, 6.07) is 7.40. The van der Waals surface area contributed by atoms with Crippen molar-refractivity contribution in [2.75, 3.05) is 40.0 Å². The van der Waals surface area contributed by atoms with E-state index < -0.39 is 6.10 Å². The number of para-hydroxylation sites is 2. The first-order chi connectivity index (χ1) is 13.1. The Labute approximate surface area is 162 Å². The van der Waals surface area contributed by atoms with Gasteiger partial charge in [0.05, 0.1) is 20.3 Å². The standard InChI is InChI=1S/C21H32N2O4/c1-17(27-19-9-5-4-8-18(19)25-2)20(24)22-16-21(10-6-3-7-11-21)23-12-14-26-15-13-23/h4-5,8-9,17H,3,6-7,10-16H2,1-2H3,(H,22,24)/t17-/m0/s1. The molecule has 6 heteroatoms. The molecule has 0 unspecified atom stereocenters. The number of rotatable bonds is 7. The minimum atomic E-state index is -0.577. The van der Waals surface area contributed by atoms with E-state index in [-0.39, 0.29) is 11.4 Å². The Morgan fingerprint density at radius 2 is 1.85 bits per heavy atom. The maximum Gasteiger partial charge on any atom is 0.260 e. The summed E-state index contributed by atoms with van der Waals surface area (Å²) >= 11 is 0. The molecule has 1 amide bonds. The van der Waals surface area contributed by atoms with E-state index in [4.69, 9.17) is 14.2 Å². The number of amides is 1. The number of hydrogen-bond donors (Lipinski definition) is 1. The Balaban J connectivity index is 1.59. The monoisotopic (exact) mass is 376 g/mol. The minimum absolute atomic E-state index is 0.0574. The SMILES string of the molecule is COc1ccccc1O[C@@H](C)C(=O)NCC1(N2CCOCC2)CCCCC1. The van der Waals surface area contributed by atoms with Gasteiger partial charge in [-0.2, -0.15) is 0 Å². The maximum atomic E-state index is 12.7. The van der Waals surface area contributed by atoms with Gasteiger partial charge in [-0.3, -0.25) is 9.69 Å². The van der Waals surface area contributed by atoms with Crippen molar-refractivity contribution in [1.82, 2.24) is 10.2 Å². The van der Waals surface area contributed by atoms with Gasteiger partial charge in [-0.15, -0.1) is 0 Å². The van der Waals surface area contributed by atoms with Crippen molar-refractivity contribution in [3.63, 3.8) is 0 Å². The first-order valence-electron chi connectivity index (χ1n) is 10.0. The molecule has 3 rings (SSSR count). The topological polar surface area (TPSA) is 60.0 Å². The van der Waals surface area contributed by atoms with Crippen molar-refractivity contribution in [2.45, 2.75) is 50.7 Å². The molecule has 1 aliphatic carbocycles. The number of benzene rings is 1. The normalized spacial score (nSPS) is 21.3. The highest BCUT2D eigenvalue weighted by atomic mass is 16.5. The van der Waals surface area contributed by atoms with Crippen molar-refractivity contribution < 1.29 is 19.0 Å². The number of methoxy groups -OCH3 is 1. The fraction of sp³-hybridized carbons (Fsp3) is 0.667. The van der Waals surface area contributed by atoms with Gasteiger partial charge < -0.3 is 19.5 Å². The van der Waals surface area contributed by atoms with E-state index in [1.807, 2.05) is 24.3 Å². The van der Waals surface area contributed by atoms with E-state index in [2.05, 4.69) is 10.2 Å². The summed E-state index contributed by atoms with van der Waals surface area (Å²) in [5, 5.41) is 3.16. The lowest BCUT2D eigenvalue weighted by atomic mass is 9.79. The van der Waals surface area contributed by atoms with Gasteiger partial charge in [-0.05, 0) is 31.9 Å². The lowest BCUT2D eigenvalue weighted by Gasteiger charge is -2.48. The van der Waals surface area contributed by atoms with Gasteiger partial charge in [0, 0.05) is 25.2 Å². The van der Waals surface area contributed by atoms with Crippen LogP contribution in [0, 0.1) is 0 Å². The van der Waals surface area contributed by atoms with E-state index in [1.54, 1.807) is 14.0 Å². The molecule has 1 aromatic rings. The van der Waals surface area contributed by atoms with E-state index in [1.165, 1.54) is 19.3 Å². The van der Waals surface area contributed by atoms with Crippen LogP contribution < -0.4 is 14.8 Å². The van der Waals surface area contributed by atoms with Crippen LogP contribution in [0.5, 0.6) is 11.5 Å². The molecule has 2 aliphatic rings. The summed E-state index contributed by atoms with van der Waals surface area (Å²) in [6.45, 7) is 5.91. The third-order valence-corrected chi connectivity index (χ3v) is 5.80. The molecule has 1 saturated carbocycles. The molecule has 150 valence electrons. The molecule has 1 aliphatic heterocycles. The fourth-order valence-electron chi connectivity index (χ4n) is 4.21. The van der Waals surface area contributed by atoms with E-state index >= 15 is 0 Å². The Morgan fingerprint density at radius 3 is 2.52 bits per heavy atom. The summed E-state index contributed by atoms with van der Waals surface area (Å²) in [4.78, 5) is 15.2. The largest absolute Gasteiger partial charge is 0.493 e.